The first kappa shape index (κ1) is 19.5. The van der Waals surface area contributed by atoms with E-state index in [4.69, 9.17) is 4.74 Å². The van der Waals surface area contributed by atoms with Crippen molar-refractivity contribution in [3.05, 3.63) is 63.2 Å². The van der Waals surface area contributed by atoms with Crippen LogP contribution in [0.25, 0.3) is 0 Å². The SMILES string of the molecule is COCC(=O)N1CCCc2cc(NC(=O)c3cccc([N+](=O)[O-])c3C)ccc21. The Balaban J connectivity index is 1.83. The number of carbonyl (C=O) groups is 2. The predicted octanol–water partition coefficient (Wildman–Crippen LogP) is 3.08. The molecule has 0 saturated carbocycles. The molecule has 1 aliphatic rings. The van der Waals surface area contributed by atoms with Gasteiger partial charge < -0.3 is 15.0 Å². The number of nitro benzene ring substituents is 1. The predicted molar refractivity (Wildman–Crippen MR) is 105 cm³/mol. The molecule has 0 aliphatic carbocycles. The molecule has 3 rings (SSSR count). The van der Waals surface area contributed by atoms with Gasteiger partial charge in [0.05, 0.1) is 4.92 Å². The van der Waals surface area contributed by atoms with Crippen molar-refractivity contribution < 1.29 is 19.2 Å². The largest absolute Gasteiger partial charge is 0.375 e. The number of aryl methyl sites for hydroxylation is 1. The Kier molecular flexibility index (Phi) is 5.70. The molecule has 0 bridgehead atoms. The molecule has 2 aromatic carbocycles. The lowest BCUT2D eigenvalue weighted by molar-refractivity contribution is -0.385. The summed E-state index contributed by atoms with van der Waals surface area (Å²) in [5, 5.41) is 13.9. The number of benzene rings is 2. The van der Waals surface area contributed by atoms with Crippen LogP contribution < -0.4 is 10.2 Å². The molecule has 0 saturated heterocycles. The first-order valence-electron chi connectivity index (χ1n) is 8.90. The summed E-state index contributed by atoms with van der Waals surface area (Å²) in [5.74, 6) is -0.517. The second-order valence-corrected chi connectivity index (χ2v) is 6.59. The van der Waals surface area contributed by atoms with Crippen molar-refractivity contribution in [2.75, 3.05) is 30.5 Å². The fraction of sp³-hybridized carbons (Fsp3) is 0.300. The molecule has 0 fully saturated rings. The van der Waals surface area contributed by atoms with Gasteiger partial charge >= 0.3 is 0 Å². The lowest BCUT2D eigenvalue weighted by Crippen LogP contribution is -2.37. The van der Waals surface area contributed by atoms with Gasteiger partial charge in [-0.1, -0.05) is 6.07 Å². The Bertz CT molecular complexity index is 941. The zero-order chi connectivity index (χ0) is 20.3. The molecule has 1 aliphatic heterocycles. The summed E-state index contributed by atoms with van der Waals surface area (Å²) in [4.78, 5) is 37.1. The zero-order valence-corrected chi connectivity index (χ0v) is 15.7. The van der Waals surface area contributed by atoms with Gasteiger partial charge in [0.15, 0.2) is 0 Å². The van der Waals surface area contributed by atoms with Crippen LogP contribution in [0.4, 0.5) is 17.1 Å². The quantitative estimate of drug-likeness (QED) is 0.631. The Morgan fingerprint density at radius 3 is 2.79 bits per heavy atom. The molecule has 0 spiro atoms. The standard InChI is InChI=1S/C20H21N3O5/c1-13-16(6-3-7-17(13)23(26)27)20(25)21-15-8-9-18-14(11-15)5-4-10-22(18)19(24)12-28-2/h3,6-9,11H,4-5,10,12H2,1-2H3,(H,21,25). The van der Waals surface area contributed by atoms with E-state index in [1.54, 1.807) is 30.0 Å². The normalized spacial score (nSPS) is 13.0. The molecule has 8 nitrogen and oxygen atoms in total. The fourth-order valence-corrected chi connectivity index (χ4v) is 3.40. The molecule has 28 heavy (non-hydrogen) atoms. The number of hydrogen-bond acceptors (Lipinski definition) is 5. The van der Waals surface area contributed by atoms with Gasteiger partial charge in [-0.2, -0.15) is 0 Å². The highest BCUT2D eigenvalue weighted by Gasteiger charge is 2.23. The number of carbonyl (C=O) groups excluding carboxylic acids is 2. The van der Waals surface area contributed by atoms with Gasteiger partial charge in [0.1, 0.15) is 6.61 Å². The minimum atomic E-state index is -0.503. The molecular weight excluding hydrogens is 362 g/mol. The highest BCUT2D eigenvalue weighted by molar-refractivity contribution is 6.06. The molecule has 2 aromatic rings. The number of ether oxygens (including phenoxy) is 1. The van der Waals surface area contributed by atoms with Crippen molar-refractivity contribution in [3.63, 3.8) is 0 Å². The van der Waals surface area contributed by atoms with Crippen molar-refractivity contribution in [3.8, 4) is 0 Å². The Morgan fingerprint density at radius 2 is 2.07 bits per heavy atom. The molecule has 146 valence electrons. The van der Waals surface area contributed by atoms with E-state index in [0.29, 0.717) is 17.8 Å². The number of methoxy groups -OCH3 is 1. The Morgan fingerprint density at radius 1 is 1.29 bits per heavy atom. The molecule has 1 N–H and O–H groups in total. The topological polar surface area (TPSA) is 102 Å². The molecule has 8 heteroatoms. The van der Waals surface area contributed by atoms with Gasteiger partial charge in [-0.15, -0.1) is 0 Å². The summed E-state index contributed by atoms with van der Waals surface area (Å²) in [7, 11) is 1.48. The van der Waals surface area contributed by atoms with Gasteiger partial charge in [-0.3, -0.25) is 19.7 Å². The molecule has 0 aromatic heterocycles. The third-order valence-corrected chi connectivity index (χ3v) is 4.77. The number of amides is 2. The van der Waals surface area contributed by atoms with Crippen molar-refractivity contribution in [1.29, 1.82) is 0 Å². The zero-order valence-electron chi connectivity index (χ0n) is 15.7. The smallest absolute Gasteiger partial charge is 0.273 e. The van der Waals surface area contributed by atoms with Crippen molar-refractivity contribution in [2.24, 2.45) is 0 Å². The monoisotopic (exact) mass is 383 g/mol. The summed E-state index contributed by atoms with van der Waals surface area (Å²) in [6, 6.07) is 9.79. The minimum Gasteiger partial charge on any atom is -0.375 e. The maximum atomic E-state index is 12.6. The van der Waals surface area contributed by atoms with Crippen molar-refractivity contribution in [1.82, 2.24) is 0 Å². The maximum Gasteiger partial charge on any atom is 0.273 e. The van der Waals surface area contributed by atoms with E-state index in [9.17, 15) is 19.7 Å². The number of rotatable bonds is 5. The molecule has 0 unspecified atom stereocenters. The Hall–Kier alpha value is -3.26. The van der Waals surface area contributed by atoms with Gasteiger partial charge in [-0.25, -0.2) is 0 Å². The van der Waals surface area contributed by atoms with Crippen LogP contribution in [0.2, 0.25) is 0 Å². The van der Waals surface area contributed by atoms with Crippen LogP contribution in [0, 0.1) is 17.0 Å². The van der Waals surface area contributed by atoms with Crippen LogP contribution in [-0.2, 0) is 16.0 Å². The number of nitro groups is 1. The highest BCUT2D eigenvalue weighted by Crippen LogP contribution is 2.30. The lowest BCUT2D eigenvalue weighted by Gasteiger charge is -2.29. The minimum absolute atomic E-state index is 0.0178. The van der Waals surface area contributed by atoms with E-state index < -0.39 is 10.8 Å². The molecule has 1 heterocycles. The second kappa shape index (κ2) is 8.18. The summed E-state index contributed by atoms with van der Waals surface area (Å²) >= 11 is 0. The number of nitrogens with one attached hydrogen (secondary N) is 1. The second-order valence-electron chi connectivity index (χ2n) is 6.59. The van der Waals surface area contributed by atoms with Crippen LogP contribution >= 0.6 is 0 Å². The van der Waals surface area contributed by atoms with Gasteiger partial charge in [-0.05, 0) is 49.6 Å². The summed E-state index contributed by atoms with van der Waals surface area (Å²) in [6.07, 6.45) is 1.62. The van der Waals surface area contributed by atoms with E-state index in [1.165, 1.54) is 19.2 Å². The third kappa shape index (κ3) is 3.86. The van der Waals surface area contributed by atoms with Crippen LogP contribution in [0.1, 0.15) is 27.9 Å². The number of anilines is 2. The summed E-state index contributed by atoms with van der Waals surface area (Å²) in [5.41, 5.74) is 2.84. The van der Waals surface area contributed by atoms with Crippen molar-refractivity contribution >= 4 is 28.9 Å². The number of nitrogens with zero attached hydrogens (tertiary/aromatic N) is 2. The van der Waals surface area contributed by atoms with Crippen LogP contribution in [0.5, 0.6) is 0 Å². The number of fused-ring (bicyclic) bond motifs is 1. The van der Waals surface area contributed by atoms with Crippen LogP contribution in [0.15, 0.2) is 36.4 Å². The lowest BCUT2D eigenvalue weighted by atomic mass is 10.0. The van der Waals surface area contributed by atoms with Gasteiger partial charge in [0.2, 0.25) is 0 Å². The van der Waals surface area contributed by atoms with E-state index >= 15 is 0 Å². The maximum absolute atomic E-state index is 12.6. The summed E-state index contributed by atoms with van der Waals surface area (Å²) in [6.45, 7) is 2.21. The molecule has 2 amide bonds. The summed E-state index contributed by atoms with van der Waals surface area (Å²) < 4.78 is 4.94. The fourth-order valence-electron chi connectivity index (χ4n) is 3.40. The van der Waals surface area contributed by atoms with Gasteiger partial charge in [0, 0.05) is 42.2 Å². The average molecular weight is 383 g/mol. The van der Waals surface area contributed by atoms with Crippen molar-refractivity contribution in [2.45, 2.75) is 19.8 Å². The first-order chi connectivity index (χ1) is 13.4. The van der Waals surface area contributed by atoms with E-state index in [2.05, 4.69) is 5.32 Å². The van der Waals surface area contributed by atoms with Crippen LogP contribution in [0.3, 0.4) is 0 Å². The van der Waals surface area contributed by atoms with E-state index in [1.807, 2.05) is 6.07 Å². The van der Waals surface area contributed by atoms with E-state index in [0.717, 1.165) is 24.1 Å². The molecule has 0 atom stereocenters. The van der Waals surface area contributed by atoms with E-state index in [-0.39, 0.29) is 23.8 Å². The third-order valence-electron chi connectivity index (χ3n) is 4.77. The van der Waals surface area contributed by atoms with Gasteiger partial charge in [0.25, 0.3) is 17.5 Å². The molecule has 0 radical (unpaired) electrons. The average Bonchev–Trinajstić information content (AvgIpc) is 2.67. The highest BCUT2D eigenvalue weighted by atomic mass is 16.6. The number of hydrogen-bond donors (Lipinski definition) is 1. The molecular formula is C20H21N3O5. The van der Waals surface area contributed by atoms with Crippen LogP contribution in [-0.4, -0.2) is 37.0 Å². The Labute approximate surface area is 162 Å². The first-order valence-corrected chi connectivity index (χ1v) is 8.90.